The lowest BCUT2D eigenvalue weighted by Gasteiger charge is -2.07. The van der Waals surface area contributed by atoms with Crippen molar-refractivity contribution < 1.29 is 9.90 Å². The van der Waals surface area contributed by atoms with E-state index >= 15 is 0 Å². The van der Waals surface area contributed by atoms with Crippen molar-refractivity contribution in [3.05, 3.63) is 89.5 Å². The summed E-state index contributed by atoms with van der Waals surface area (Å²) in [5, 5.41) is 8.82. The summed E-state index contributed by atoms with van der Waals surface area (Å²) >= 11 is 0. The smallest absolute Gasteiger partial charge is 0.307 e. The average Bonchev–Trinajstić information content (AvgIpc) is 2.49. The number of hydrogen-bond donors (Lipinski definition) is 1. The summed E-state index contributed by atoms with van der Waals surface area (Å²) in [4.78, 5) is 10.7. The lowest BCUT2D eigenvalue weighted by molar-refractivity contribution is -0.136. The topological polar surface area (TPSA) is 37.3 Å². The Hall–Kier alpha value is -2.61. The number of rotatable bonds is 5. The maximum Gasteiger partial charge on any atom is 0.307 e. The maximum absolute atomic E-state index is 10.7. The van der Waals surface area contributed by atoms with Crippen LogP contribution in [-0.4, -0.2) is 11.1 Å². The summed E-state index contributed by atoms with van der Waals surface area (Å²) in [6.45, 7) is 1.83. The molecular weight excluding hydrogens is 260 g/mol. The van der Waals surface area contributed by atoms with Gasteiger partial charge in [0, 0.05) is 0 Å². The highest BCUT2D eigenvalue weighted by Gasteiger charge is 2.03. The zero-order valence-electron chi connectivity index (χ0n) is 12.0. The van der Waals surface area contributed by atoms with Crippen molar-refractivity contribution in [1.29, 1.82) is 0 Å². The molecule has 0 unspecified atom stereocenters. The number of carbonyl (C=O) groups is 1. The number of aliphatic carboxylic acids is 1. The molecule has 0 saturated carbocycles. The van der Waals surface area contributed by atoms with Crippen LogP contribution < -0.4 is 0 Å². The second-order valence-electron chi connectivity index (χ2n) is 4.90. The van der Waals surface area contributed by atoms with Crippen molar-refractivity contribution in [2.24, 2.45) is 0 Å². The van der Waals surface area contributed by atoms with Crippen LogP contribution in [0.25, 0.3) is 5.57 Å². The molecule has 0 bridgehead atoms. The van der Waals surface area contributed by atoms with Gasteiger partial charge in [0.2, 0.25) is 0 Å². The molecule has 2 aromatic rings. The van der Waals surface area contributed by atoms with Crippen molar-refractivity contribution in [3.8, 4) is 0 Å². The Balaban J connectivity index is 2.40. The SMILES string of the molecule is C/C(=C\C=C(c1ccccc1)c1ccccc1)CC(=O)O. The van der Waals surface area contributed by atoms with Crippen LogP contribution in [-0.2, 0) is 4.79 Å². The van der Waals surface area contributed by atoms with Gasteiger partial charge in [0.25, 0.3) is 0 Å². The van der Waals surface area contributed by atoms with Gasteiger partial charge in [-0.15, -0.1) is 0 Å². The zero-order chi connectivity index (χ0) is 15.1. The molecule has 0 fully saturated rings. The average molecular weight is 278 g/mol. The van der Waals surface area contributed by atoms with Crippen molar-refractivity contribution >= 4 is 11.5 Å². The van der Waals surface area contributed by atoms with Crippen LogP contribution in [0, 0.1) is 0 Å². The minimum Gasteiger partial charge on any atom is -0.481 e. The molecular formula is C19H18O2. The predicted octanol–water partition coefficient (Wildman–Crippen LogP) is 4.54. The Kier molecular flexibility index (Phi) is 5.10. The molecule has 2 nitrogen and oxygen atoms in total. The standard InChI is InChI=1S/C19H18O2/c1-15(14-19(20)21)12-13-18(16-8-4-2-5-9-16)17-10-6-3-7-11-17/h2-13H,14H2,1H3,(H,20,21)/b15-12+. The first-order valence-electron chi connectivity index (χ1n) is 6.87. The molecule has 0 aliphatic heterocycles. The van der Waals surface area contributed by atoms with Gasteiger partial charge in [-0.05, 0) is 23.6 Å². The summed E-state index contributed by atoms with van der Waals surface area (Å²) in [5.74, 6) is -0.807. The lowest BCUT2D eigenvalue weighted by Crippen LogP contribution is -1.94. The summed E-state index contributed by atoms with van der Waals surface area (Å²) in [5.41, 5.74) is 4.14. The molecule has 2 rings (SSSR count). The maximum atomic E-state index is 10.7. The molecule has 0 aliphatic carbocycles. The monoisotopic (exact) mass is 278 g/mol. The third-order valence-corrected chi connectivity index (χ3v) is 3.13. The van der Waals surface area contributed by atoms with Crippen molar-refractivity contribution in [2.75, 3.05) is 0 Å². The molecule has 0 amide bonds. The fraction of sp³-hybridized carbons (Fsp3) is 0.105. The minimum atomic E-state index is -0.807. The van der Waals surface area contributed by atoms with Crippen LogP contribution in [0.15, 0.2) is 78.4 Å². The third kappa shape index (κ3) is 4.46. The van der Waals surface area contributed by atoms with E-state index in [2.05, 4.69) is 24.3 Å². The number of carboxylic acids is 1. The van der Waals surface area contributed by atoms with E-state index < -0.39 is 5.97 Å². The lowest BCUT2D eigenvalue weighted by atomic mass is 9.97. The highest BCUT2D eigenvalue weighted by atomic mass is 16.4. The summed E-state index contributed by atoms with van der Waals surface area (Å²) in [6.07, 6.45) is 3.93. The molecule has 0 aromatic heterocycles. The van der Waals surface area contributed by atoms with E-state index in [9.17, 15) is 4.79 Å². The first-order valence-corrected chi connectivity index (χ1v) is 6.87. The van der Waals surface area contributed by atoms with Gasteiger partial charge in [-0.1, -0.05) is 78.4 Å². The second kappa shape index (κ2) is 7.25. The van der Waals surface area contributed by atoms with Crippen molar-refractivity contribution in [3.63, 3.8) is 0 Å². The molecule has 2 heteroatoms. The quantitative estimate of drug-likeness (QED) is 0.815. The Morgan fingerprint density at radius 2 is 1.38 bits per heavy atom. The Morgan fingerprint density at radius 1 is 0.905 bits per heavy atom. The van der Waals surface area contributed by atoms with Gasteiger partial charge < -0.3 is 5.11 Å². The van der Waals surface area contributed by atoms with Crippen LogP contribution in [0.3, 0.4) is 0 Å². The normalized spacial score (nSPS) is 11.0. The molecule has 0 aliphatic rings. The molecule has 0 heterocycles. The van der Waals surface area contributed by atoms with Crippen LogP contribution in [0.4, 0.5) is 0 Å². The summed E-state index contributed by atoms with van der Waals surface area (Å²) < 4.78 is 0. The second-order valence-corrected chi connectivity index (χ2v) is 4.90. The highest BCUT2D eigenvalue weighted by Crippen LogP contribution is 2.23. The third-order valence-electron chi connectivity index (χ3n) is 3.13. The van der Waals surface area contributed by atoms with E-state index in [-0.39, 0.29) is 6.42 Å². The van der Waals surface area contributed by atoms with Crippen LogP contribution in [0.2, 0.25) is 0 Å². The Bertz CT molecular complexity index is 611. The molecule has 21 heavy (non-hydrogen) atoms. The molecule has 0 radical (unpaired) electrons. The number of carboxylic acid groups (broad SMARTS) is 1. The largest absolute Gasteiger partial charge is 0.481 e. The fourth-order valence-electron chi connectivity index (χ4n) is 2.12. The van der Waals surface area contributed by atoms with E-state index in [1.807, 2.05) is 55.5 Å². The van der Waals surface area contributed by atoms with Gasteiger partial charge in [-0.2, -0.15) is 0 Å². The zero-order valence-corrected chi connectivity index (χ0v) is 12.0. The minimum absolute atomic E-state index is 0.0629. The van der Waals surface area contributed by atoms with Gasteiger partial charge >= 0.3 is 5.97 Å². The molecule has 106 valence electrons. The van der Waals surface area contributed by atoms with Crippen molar-refractivity contribution in [2.45, 2.75) is 13.3 Å². The Labute approximate surface area is 125 Å². The van der Waals surface area contributed by atoms with Gasteiger partial charge in [-0.3, -0.25) is 4.79 Å². The first kappa shape index (κ1) is 14.8. The van der Waals surface area contributed by atoms with Crippen molar-refractivity contribution in [1.82, 2.24) is 0 Å². The molecule has 0 spiro atoms. The molecule has 0 saturated heterocycles. The van der Waals surface area contributed by atoms with Crippen LogP contribution in [0.5, 0.6) is 0 Å². The van der Waals surface area contributed by atoms with Gasteiger partial charge in [-0.25, -0.2) is 0 Å². The van der Waals surface area contributed by atoms with E-state index in [1.165, 1.54) is 0 Å². The van der Waals surface area contributed by atoms with Crippen LogP contribution in [0.1, 0.15) is 24.5 Å². The number of benzene rings is 2. The summed E-state index contributed by atoms with van der Waals surface area (Å²) in [6, 6.07) is 20.2. The summed E-state index contributed by atoms with van der Waals surface area (Å²) in [7, 11) is 0. The van der Waals surface area contributed by atoms with E-state index in [0.29, 0.717) is 0 Å². The fourth-order valence-corrected chi connectivity index (χ4v) is 2.12. The number of allylic oxidation sites excluding steroid dienone is 2. The van der Waals surface area contributed by atoms with Gasteiger partial charge in [0.15, 0.2) is 0 Å². The van der Waals surface area contributed by atoms with Gasteiger partial charge in [0.1, 0.15) is 0 Å². The number of hydrogen-bond acceptors (Lipinski definition) is 1. The molecule has 0 atom stereocenters. The van der Waals surface area contributed by atoms with E-state index in [1.54, 1.807) is 0 Å². The highest BCUT2D eigenvalue weighted by molar-refractivity contribution is 5.81. The van der Waals surface area contributed by atoms with E-state index in [0.717, 1.165) is 22.3 Å². The molecule has 2 aromatic carbocycles. The van der Waals surface area contributed by atoms with Crippen LogP contribution >= 0.6 is 0 Å². The van der Waals surface area contributed by atoms with E-state index in [4.69, 9.17) is 5.11 Å². The molecule has 1 N–H and O–H groups in total. The van der Waals surface area contributed by atoms with Gasteiger partial charge in [0.05, 0.1) is 6.42 Å². The first-order chi connectivity index (χ1) is 10.2. The predicted molar refractivity (Wildman–Crippen MR) is 86.0 cm³/mol. The Morgan fingerprint density at radius 3 is 1.81 bits per heavy atom.